The lowest BCUT2D eigenvalue weighted by Gasteiger charge is -2.36. The minimum absolute atomic E-state index is 0.00521. The molecule has 0 saturated carbocycles. The number of nitrogens with one attached hydrogen (secondary N) is 1. The number of imidazole rings is 1. The van der Waals surface area contributed by atoms with Crippen LogP contribution in [0.25, 0.3) is 11.0 Å². The summed E-state index contributed by atoms with van der Waals surface area (Å²) in [7, 11) is 2.18. The van der Waals surface area contributed by atoms with Crippen molar-refractivity contribution in [2.45, 2.75) is 63.7 Å². The fourth-order valence-electron chi connectivity index (χ4n) is 4.63. The molecule has 1 aromatic heterocycles. The van der Waals surface area contributed by atoms with Crippen LogP contribution in [-0.2, 0) is 0 Å². The van der Waals surface area contributed by atoms with E-state index in [9.17, 15) is 9.59 Å². The van der Waals surface area contributed by atoms with E-state index >= 15 is 0 Å². The highest BCUT2D eigenvalue weighted by Gasteiger charge is 2.39. The maximum absolute atomic E-state index is 12.9. The molecule has 2 aliphatic heterocycles. The van der Waals surface area contributed by atoms with Gasteiger partial charge in [0, 0.05) is 24.2 Å². The first-order valence-corrected chi connectivity index (χ1v) is 9.22. The Balaban J connectivity index is 1.65. The number of rotatable bonds is 2. The van der Waals surface area contributed by atoms with Crippen molar-refractivity contribution in [1.82, 2.24) is 19.4 Å². The standard InChI is InChI=1S/C19H26N4O2/c1-12(2)22-16-6-4-5-7-17(16)23(19(22)25)18(24)20-13-10-14-8-9-15(11-13)21(14)3/h4-7,12-15H,8-11H2,1-3H3,(H,20,24)/t13?,14-,15+. The van der Waals surface area contributed by atoms with Gasteiger partial charge in [0.1, 0.15) is 0 Å². The maximum Gasteiger partial charge on any atom is 0.337 e. The molecular weight excluding hydrogens is 316 g/mol. The van der Waals surface area contributed by atoms with Crippen LogP contribution in [-0.4, -0.2) is 45.2 Å². The highest BCUT2D eigenvalue weighted by molar-refractivity contribution is 5.89. The van der Waals surface area contributed by atoms with Crippen molar-refractivity contribution in [3.63, 3.8) is 0 Å². The summed E-state index contributed by atoms with van der Waals surface area (Å²) < 4.78 is 2.99. The van der Waals surface area contributed by atoms with Crippen LogP contribution in [0, 0.1) is 0 Å². The molecule has 134 valence electrons. The molecule has 0 spiro atoms. The van der Waals surface area contributed by atoms with Gasteiger partial charge in [-0.25, -0.2) is 14.2 Å². The van der Waals surface area contributed by atoms with E-state index in [1.807, 2.05) is 38.1 Å². The zero-order valence-corrected chi connectivity index (χ0v) is 15.1. The van der Waals surface area contributed by atoms with Gasteiger partial charge in [0.05, 0.1) is 11.0 Å². The molecule has 2 fully saturated rings. The van der Waals surface area contributed by atoms with Gasteiger partial charge in [-0.05, 0) is 58.7 Å². The number of piperidine rings is 1. The lowest BCUT2D eigenvalue weighted by atomic mass is 9.98. The molecule has 2 bridgehead atoms. The fraction of sp³-hybridized carbons (Fsp3) is 0.579. The van der Waals surface area contributed by atoms with Gasteiger partial charge in [-0.15, -0.1) is 0 Å². The number of carbonyl (C=O) groups excluding carboxylic acids is 1. The molecule has 3 heterocycles. The number of para-hydroxylation sites is 2. The second kappa shape index (κ2) is 6.02. The Bertz CT molecular complexity index is 852. The summed E-state index contributed by atoms with van der Waals surface area (Å²) in [5, 5.41) is 3.13. The van der Waals surface area contributed by atoms with Gasteiger partial charge < -0.3 is 10.2 Å². The molecule has 3 atom stereocenters. The molecule has 6 heteroatoms. The predicted molar refractivity (Wildman–Crippen MR) is 98.1 cm³/mol. The third-order valence-electron chi connectivity index (χ3n) is 5.92. The number of amides is 1. The first-order valence-electron chi connectivity index (χ1n) is 9.22. The molecule has 1 N–H and O–H groups in total. The molecule has 6 nitrogen and oxygen atoms in total. The lowest BCUT2D eigenvalue weighted by molar-refractivity contribution is 0.149. The van der Waals surface area contributed by atoms with Gasteiger partial charge in [-0.1, -0.05) is 12.1 Å². The van der Waals surface area contributed by atoms with Crippen molar-refractivity contribution in [2.24, 2.45) is 0 Å². The molecule has 2 aliphatic rings. The Morgan fingerprint density at radius 2 is 1.72 bits per heavy atom. The van der Waals surface area contributed by atoms with Crippen molar-refractivity contribution in [3.8, 4) is 0 Å². The van der Waals surface area contributed by atoms with Crippen molar-refractivity contribution in [2.75, 3.05) is 7.05 Å². The van der Waals surface area contributed by atoms with E-state index < -0.39 is 0 Å². The van der Waals surface area contributed by atoms with E-state index in [0.29, 0.717) is 17.6 Å². The van der Waals surface area contributed by atoms with Crippen LogP contribution < -0.4 is 11.0 Å². The summed E-state index contributed by atoms with van der Waals surface area (Å²) >= 11 is 0. The monoisotopic (exact) mass is 342 g/mol. The molecule has 25 heavy (non-hydrogen) atoms. The molecule has 1 aromatic carbocycles. The SMILES string of the molecule is CC(C)n1c(=O)n(C(=O)NC2C[C@H]3CC[C@@H](C2)N3C)c2ccccc21. The zero-order valence-electron chi connectivity index (χ0n) is 15.1. The van der Waals surface area contributed by atoms with Gasteiger partial charge in [0.25, 0.3) is 0 Å². The molecular formula is C19H26N4O2. The second-order valence-corrected chi connectivity index (χ2v) is 7.74. The smallest absolute Gasteiger partial charge is 0.334 e. The second-order valence-electron chi connectivity index (χ2n) is 7.74. The average Bonchev–Trinajstić information content (AvgIpc) is 2.95. The summed E-state index contributed by atoms with van der Waals surface area (Å²) in [6.45, 7) is 3.93. The topological polar surface area (TPSA) is 59.3 Å². The number of nitrogens with zero attached hydrogens (tertiary/aromatic N) is 3. The molecule has 1 unspecified atom stereocenters. The number of hydrogen-bond acceptors (Lipinski definition) is 3. The van der Waals surface area contributed by atoms with Crippen molar-refractivity contribution >= 4 is 17.1 Å². The zero-order chi connectivity index (χ0) is 17.7. The molecule has 2 saturated heterocycles. The highest BCUT2D eigenvalue weighted by Crippen LogP contribution is 2.34. The quantitative estimate of drug-likeness (QED) is 0.912. The fourth-order valence-corrected chi connectivity index (χ4v) is 4.63. The maximum atomic E-state index is 12.9. The van der Waals surface area contributed by atoms with Crippen LogP contribution in [0.15, 0.2) is 29.1 Å². The predicted octanol–water partition coefficient (Wildman–Crippen LogP) is 2.57. The van der Waals surface area contributed by atoms with Crippen LogP contribution in [0.4, 0.5) is 4.79 Å². The van der Waals surface area contributed by atoms with Gasteiger partial charge in [0.2, 0.25) is 0 Å². The summed E-state index contributed by atoms with van der Waals surface area (Å²) in [4.78, 5) is 28.2. The minimum Gasteiger partial charge on any atom is -0.334 e. The number of aromatic nitrogens is 2. The number of benzene rings is 1. The number of fused-ring (bicyclic) bond motifs is 3. The summed E-state index contributed by atoms with van der Waals surface area (Å²) in [5.41, 5.74) is 1.22. The summed E-state index contributed by atoms with van der Waals surface area (Å²) in [5.74, 6) is 0. The Kier molecular flexibility index (Phi) is 3.95. The Morgan fingerprint density at radius 3 is 2.32 bits per heavy atom. The molecule has 0 radical (unpaired) electrons. The normalized spacial score (nSPS) is 26.5. The summed E-state index contributed by atoms with van der Waals surface area (Å²) in [6.07, 6.45) is 4.35. The van der Waals surface area contributed by atoms with Crippen LogP contribution in [0.3, 0.4) is 0 Å². The van der Waals surface area contributed by atoms with Crippen LogP contribution in [0.2, 0.25) is 0 Å². The van der Waals surface area contributed by atoms with E-state index in [-0.39, 0.29) is 23.8 Å². The molecule has 4 rings (SSSR count). The van der Waals surface area contributed by atoms with Crippen LogP contribution >= 0.6 is 0 Å². The van der Waals surface area contributed by atoms with Crippen molar-refractivity contribution in [1.29, 1.82) is 0 Å². The lowest BCUT2D eigenvalue weighted by Crippen LogP contribution is -2.50. The van der Waals surface area contributed by atoms with Crippen molar-refractivity contribution in [3.05, 3.63) is 34.7 Å². The number of carbonyl (C=O) groups is 1. The van der Waals surface area contributed by atoms with Crippen LogP contribution in [0.1, 0.15) is 45.6 Å². The van der Waals surface area contributed by atoms with E-state index in [1.165, 1.54) is 17.4 Å². The van der Waals surface area contributed by atoms with Gasteiger partial charge in [0.15, 0.2) is 0 Å². The summed E-state index contributed by atoms with van der Waals surface area (Å²) in [6, 6.07) is 8.47. The van der Waals surface area contributed by atoms with Gasteiger partial charge >= 0.3 is 11.7 Å². The third-order valence-corrected chi connectivity index (χ3v) is 5.92. The van der Waals surface area contributed by atoms with E-state index in [1.54, 1.807) is 4.57 Å². The third kappa shape index (κ3) is 2.59. The van der Waals surface area contributed by atoms with E-state index in [2.05, 4.69) is 17.3 Å². The van der Waals surface area contributed by atoms with Crippen molar-refractivity contribution < 1.29 is 4.79 Å². The molecule has 0 aliphatic carbocycles. The first kappa shape index (κ1) is 16.4. The number of hydrogen-bond donors (Lipinski definition) is 1. The largest absolute Gasteiger partial charge is 0.337 e. The van der Waals surface area contributed by atoms with E-state index in [0.717, 1.165) is 18.4 Å². The Labute approximate surface area is 147 Å². The van der Waals surface area contributed by atoms with E-state index in [4.69, 9.17) is 0 Å². The minimum atomic E-state index is -0.297. The highest BCUT2D eigenvalue weighted by atomic mass is 16.2. The average molecular weight is 342 g/mol. The Morgan fingerprint density at radius 1 is 1.12 bits per heavy atom. The van der Waals surface area contributed by atoms with Gasteiger partial charge in [-0.2, -0.15) is 0 Å². The first-order chi connectivity index (χ1) is 12.0. The van der Waals surface area contributed by atoms with Crippen LogP contribution in [0.5, 0.6) is 0 Å². The Hall–Kier alpha value is -2.08. The van der Waals surface area contributed by atoms with Gasteiger partial charge in [-0.3, -0.25) is 4.57 Å². The molecule has 1 amide bonds. The molecule has 2 aromatic rings.